The molecule has 0 saturated carbocycles. The molecule has 1 aromatic rings. The van der Waals surface area contributed by atoms with Crippen molar-refractivity contribution in [3.63, 3.8) is 0 Å². The Morgan fingerprint density at radius 2 is 2.18 bits per heavy atom. The van der Waals surface area contributed by atoms with Gasteiger partial charge in [-0.05, 0) is 19.4 Å². The summed E-state index contributed by atoms with van der Waals surface area (Å²) in [6, 6.07) is 0.400. The fraction of sp³-hybridized carbons (Fsp3) is 0.667. The molecule has 1 rings (SSSR count). The van der Waals surface area contributed by atoms with Crippen molar-refractivity contribution in [2.24, 2.45) is 5.41 Å². The molecule has 1 aromatic heterocycles. The molecule has 5 heteroatoms. The van der Waals surface area contributed by atoms with Crippen LogP contribution in [0.15, 0.2) is 5.38 Å². The Hall–Kier alpha value is -0.940. The molecule has 0 spiro atoms. The van der Waals surface area contributed by atoms with Crippen LogP contribution < -0.4 is 0 Å². The Morgan fingerprint density at radius 1 is 1.59 bits per heavy atom. The van der Waals surface area contributed by atoms with E-state index < -0.39 is 5.97 Å². The van der Waals surface area contributed by atoms with Gasteiger partial charge in [-0.3, -0.25) is 4.90 Å². The number of thiazole rings is 1. The van der Waals surface area contributed by atoms with Crippen LogP contribution in [0.5, 0.6) is 0 Å². The van der Waals surface area contributed by atoms with Crippen LogP contribution in [0.1, 0.15) is 43.2 Å². The number of aromatic nitrogens is 1. The highest BCUT2D eigenvalue weighted by molar-refractivity contribution is 7.11. The summed E-state index contributed by atoms with van der Waals surface area (Å²) in [5, 5.41) is 10.8. The maximum atomic E-state index is 10.7. The van der Waals surface area contributed by atoms with E-state index in [9.17, 15) is 4.79 Å². The van der Waals surface area contributed by atoms with Crippen LogP contribution in [-0.4, -0.2) is 34.0 Å². The second-order valence-corrected chi connectivity index (χ2v) is 6.26. The lowest BCUT2D eigenvalue weighted by molar-refractivity contribution is 0.0695. The van der Waals surface area contributed by atoms with Crippen molar-refractivity contribution in [1.29, 1.82) is 0 Å². The summed E-state index contributed by atoms with van der Waals surface area (Å²) in [6.45, 7) is 9.43. The van der Waals surface area contributed by atoms with E-state index in [0.717, 1.165) is 5.69 Å². The number of carboxylic acid groups (broad SMARTS) is 1. The number of hydrogen-bond acceptors (Lipinski definition) is 4. The molecule has 0 aliphatic heterocycles. The fourth-order valence-corrected chi connectivity index (χ4v) is 2.18. The first-order chi connectivity index (χ1) is 7.71. The summed E-state index contributed by atoms with van der Waals surface area (Å²) >= 11 is 1.18. The van der Waals surface area contributed by atoms with E-state index in [1.54, 1.807) is 0 Å². The lowest BCUT2D eigenvalue weighted by Gasteiger charge is -2.35. The van der Waals surface area contributed by atoms with Gasteiger partial charge in [0.2, 0.25) is 5.01 Å². The first-order valence-corrected chi connectivity index (χ1v) is 6.47. The molecule has 4 nitrogen and oxygen atoms in total. The van der Waals surface area contributed by atoms with Gasteiger partial charge in [-0.15, -0.1) is 11.3 Å². The Balaban J connectivity index is 2.68. The van der Waals surface area contributed by atoms with Crippen molar-refractivity contribution in [3.8, 4) is 0 Å². The topological polar surface area (TPSA) is 53.4 Å². The fourth-order valence-electron chi connectivity index (χ4n) is 1.53. The van der Waals surface area contributed by atoms with Crippen molar-refractivity contribution in [1.82, 2.24) is 9.88 Å². The summed E-state index contributed by atoms with van der Waals surface area (Å²) in [5.74, 6) is -0.951. The highest BCUT2D eigenvalue weighted by Crippen LogP contribution is 2.24. The molecule has 0 amide bonds. The first kappa shape index (κ1) is 14.1. The summed E-state index contributed by atoms with van der Waals surface area (Å²) in [7, 11) is 2.04. The third-order valence-corrected chi connectivity index (χ3v) is 3.94. The minimum absolute atomic E-state index is 0.164. The standard InChI is InChI=1S/C12H20N2O2S/c1-8(12(2,3)4)14(5)6-9-7-17-10(13-9)11(15)16/h7-8H,6H2,1-5H3,(H,15,16). The molecule has 17 heavy (non-hydrogen) atoms. The largest absolute Gasteiger partial charge is 0.476 e. The highest BCUT2D eigenvalue weighted by atomic mass is 32.1. The molecule has 0 bridgehead atoms. The van der Waals surface area contributed by atoms with Crippen molar-refractivity contribution in [3.05, 3.63) is 16.1 Å². The molecule has 0 aliphatic carbocycles. The average molecular weight is 256 g/mol. The van der Waals surface area contributed by atoms with E-state index in [1.807, 2.05) is 12.4 Å². The van der Waals surface area contributed by atoms with Gasteiger partial charge in [-0.2, -0.15) is 0 Å². The molecule has 0 fully saturated rings. The van der Waals surface area contributed by atoms with Gasteiger partial charge < -0.3 is 5.11 Å². The van der Waals surface area contributed by atoms with Crippen LogP contribution in [-0.2, 0) is 6.54 Å². The zero-order valence-corrected chi connectivity index (χ0v) is 11.8. The third-order valence-electron chi connectivity index (χ3n) is 3.06. The van der Waals surface area contributed by atoms with Crippen LogP contribution in [0.25, 0.3) is 0 Å². The van der Waals surface area contributed by atoms with Gasteiger partial charge in [0.25, 0.3) is 0 Å². The highest BCUT2D eigenvalue weighted by Gasteiger charge is 2.24. The zero-order chi connectivity index (χ0) is 13.2. The number of aromatic carboxylic acids is 1. The first-order valence-electron chi connectivity index (χ1n) is 5.59. The molecular formula is C12H20N2O2S. The zero-order valence-electron chi connectivity index (χ0n) is 11.0. The molecule has 1 heterocycles. The molecule has 96 valence electrons. The molecule has 1 N–H and O–H groups in total. The van der Waals surface area contributed by atoms with Crippen molar-refractivity contribution >= 4 is 17.3 Å². The third kappa shape index (κ3) is 3.78. The lowest BCUT2D eigenvalue weighted by Crippen LogP contribution is -2.38. The summed E-state index contributed by atoms with van der Waals surface area (Å²) in [4.78, 5) is 17.0. The average Bonchev–Trinajstić information content (AvgIpc) is 2.63. The van der Waals surface area contributed by atoms with Gasteiger partial charge in [-0.25, -0.2) is 9.78 Å². The molecule has 0 saturated heterocycles. The van der Waals surface area contributed by atoms with Crippen LogP contribution in [0.2, 0.25) is 0 Å². The minimum atomic E-state index is -0.951. The number of carbonyl (C=O) groups is 1. The normalized spacial score (nSPS) is 14.0. The van der Waals surface area contributed by atoms with E-state index in [2.05, 4.69) is 37.6 Å². The number of nitrogens with zero attached hydrogens (tertiary/aromatic N) is 2. The van der Waals surface area contributed by atoms with Crippen LogP contribution >= 0.6 is 11.3 Å². The summed E-state index contributed by atoms with van der Waals surface area (Å²) in [6.07, 6.45) is 0. The smallest absolute Gasteiger partial charge is 0.365 e. The molecule has 0 aliphatic rings. The van der Waals surface area contributed by atoms with Crippen molar-refractivity contribution < 1.29 is 9.90 Å². The van der Waals surface area contributed by atoms with Crippen molar-refractivity contribution in [2.75, 3.05) is 7.05 Å². The Bertz CT molecular complexity index is 395. The van der Waals surface area contributed by atoms with Gasteiger partial charge in [0.15, 0.2) is 0 Å². The second kappa shape index (κ2) is 5.14. The van der Waals surface area contributed by atoms with E-state index >= 15 is 0 Å². The van der Waals surface area contributed by atoms with E-state index in [0.29, 0.717) is 12.6 Å². The van der Waals surface area contributed by atoms with Gasteiger partial charge in [0, 0.05) is 18.0 Å². The molecule has 1 unspecified atom stereocenters. The quantitative estimate of drug-likeness (QED) is 0.900. The molecule has 1 atom stereocenters. The molecule has 0 aromatic carbocycles. The Kier molecular flexibility index (Phi) is 4.27. The number of rotatable bonds is 4. The second-order valence-electron chi connectivity index (χ2n) is 5.41. The van der Waals surface area contributed by atoms with Gasteiger partial charge in [0.1, 0.15) is 0 Å². The predicted molar refractivity (Wildman–Crippen MR) is 69.5 cm³/mol. The Labute approximate surface area is 106 Å². The van der Waals surface area contributed by atoms with Crippen LogP contribution in [0.4, 0.5) is 0 Å². The maximum absolute atomic E-state index is 10.7. The SMILES string of the molecule is CC(N(C)Cc1csc(C(=O)O)n1)C(C)(C)C. The van der Waals surface area contributed by atoms with E-state index in [4.69, 9.17) is 5.11 Å². The minimum Gasteiger partial charge on any atom is -0.476 e. The number of hydrogen-bond donors (Lipinski definition) is 1. The number of carboxylic acids is 1. The van der Waals surface area contributed by atoms with Crippen molar-refractivity contribution in [2.45, 2.75) is 40.3 Å². The molecule has 0 radical (unpaired) electrons. The lowest BCUT2D eigenvalue weighted by atomic mass is 9.87. The van der Waals surface area contributed by atoms with Crippen LogP contribution in [0, 0.1) is 5.41 Å². The molecular weight excluding hydrogens is 236 g/mol. The summed E-state index contributed by atoms with van der Waals surface area (Å²) < 4.78 is 0. The van der Waals surface area contributed by atoms with E-state index in [-0.39, 0.29) is 10.4 Å². The van der Waals surface area contributed by atoms with Crippen LogP contribution in [0.3, 0.4) is 0 Å². The summed E-state index contributed by atoms with van der Waals surface area (Å²) in [5.41, 5.74) is 1.02. The Morgan fingerprint density at radius 3 is 2.59 bits per heavy atom. The van der Waals surface area contributed by atoms with Gasteiger partial charge >= 0.3 is 5.97 Å². The maximum Gasteiger partial charge on any atom is 0.365 e. The van der Waals surface area contributed by atoms with E-state index in [1.165, 1.54) is 11.3 Å². The van der Waals surface area contributed by atoms with Gasteiger partial charge in [-0.1, -0.05) is 20.8 Å². The predicted octanol–water partition coefficient (Wildman–Crippen LogP) is 2.71. The van der Waals surface area contributed by atoms with Gasteiger partial charge in [0.05, 0.1) is 5.69 Å². The monoisotopic (exact) mass is 256 g/mol.